The highest BCUT2D eigenvalue weighted by molar-refractivity contribution is 5.69. The second kappa shape index (κ2) is 7.09. The summed E-state index contributed by atoms with van der Waals surface area (Å²) >= 11 is 0. The zero-order valence-electron chi connectivity index (χ0n) is 14.4. The van der Waals surface area contributed by atoms with E-state index in [0.29, 0.717) is 36.7 Å². The van der Waals surface area contributed by atoms with Gasteiger partial charge in [0.25, 0.3) is 0 Å². The summed E-state index contributed by atoms with van der Waals surface area (Å²) in [5.41, 5.74) is 3.43. The zero-order chi connectivity index (χ0) is 17.9. The van der Waals surface area contributed by atoms with Crippen molar-refractivity contribution in [1.82, 2.24) is 24.8 Å². The molecule has 4 rings (SSSR count). The molecule has 1 saturated heterocycles. The molecule has 3 heterocycles. The third-order valence-corrected chi connectivity index (χ3v) is 4.25. The average Bonchev–Trinajstić information content (AvgIpc) is 3.10. The molecular weight excluding hydrogens is 334 g/mol. The van der Waals surface area contributed by atoms with E-state index in [4.69, 9.17) is 9.47 Å². The number of hydrogen-bond donors (Lipinski definition) is 1. The Morgan fingerprint density at radius 3 is 3.23 bits per heavy atom. The van der Waals surface area contributed by atoms with E-state index in [2.05, 4.69) is 19.9 Å². The number of aromatic amines is 1. The fourth-order valence-corrected chi connectivity index (χ4v) is 2.95. The van der Waals surface area contributed by atoms with Crippen LogP contribution in [0.1, 0.15) is 23.1 Å². The molecule has 8 nitrogen and oxygen atoms in total. The Labute approximate surface area is 150 Å². The molecule has 1 amide bonds. The lowest BCUT2D eigenvalue weighted by Crippen LogP contribution is -2.42. The number of H-pyrrole nitrogens is 1. The molecule has 134 valence electrons. The number of morpholine rings is 1. The molecule has 1 fully saturated rings. The van der Waals surface area contributed by atoms with Crippen LogP contribution in [-0.4, -0.2) is 50.6 Å². The minimum absolute atomic E-state index is 0.253. The molecule has 3 aromatic rings. The summed E-state index contributed by atoms with van der Waals surface area (Å²) in [5.74, 6) is 0.636. The fraction of sp³-hybridized carbons (Fsp3) is 0.333. The highest BCUT2D eigenvalue weighted by Gasteiger charge is 2.28. The van der Waals surface area contributed by atoms with E-state index in [9.17, 15) is 4.79 Å². The van der Waals surface area contributed by atoms with Gasteiger partial charge in [-0.3, -0.25) is 0 Å². The van der Waals surface area contributed by atoms with Gasteiger partial charge >= 0.3 is 6.09 Å². The molecule has 1 atom stereocenters. The van der Waals surface area contributed by atoms with E-state index in [0.717, 1.165) is 11.1 Å². The summed E-state index contributed by atoms with van der Waals surface area (Å²) in [4.78, 5) is 29.7. The molecule has 1 aliphatic heterocycles. The summed E-state index contributed by atoms with van der Waals surface area (Å²) in [6, 6.07) is 7.91. The van der Waals surface area contributed by atoms with E-state index < -0.39 is 0 Å². The van der Waals surface area contributed by atoms with Gasteiger partial charge in [-0.25, -0.2) is 19.7 Å². The minimum atomic E-state index is -0.351. The van der Waals surface area contributed by atoms with E-state index in [1.54, 1.807) is 11.1 Å². The first-order valence-corrected chi connectivity index (χ1v) is 8.43. The normalized spacial score (nSPS) is 17.4. The average molecular weight is 353 g/mol. The number of aryl methyl sites for hydroxylation is 1. The summed E-state index contributed by atoms with van der Waals surface area (Å²) in [5, 5.41) is 0. The molecule has 0 bridgehead atoms. The largest absolute Gasteiger partial charge is 0.445 e. The maximum Gasteiger partial charge on any atom is 0.410 e. The SMILES string of the molecule is Cc1cccc(COC(=O)N2CCO[C@H](c3nc4cncnc4[nH]3)C2)c1. The number of rotatable bonds is 3. The number of fused-ring (bicyclic) bond motifs is 1. The topological polar surface area (TPSA) is 93.2 Å². The highest BCUT2D eigenvalue weighted by atomic mass is 16.6. The van der Waals surface area contributed by atoms with Crippen molar-refractivity contribution in [2.24, 2.45) is 0 Å². The van der Waals surface area contributed by atoms with Crippen molar-refractivity contribution >= 4 is 17.3 Å². The first kappa shape index (κ1) is 16.5. The Kier molecular flexibility index (Phi) is 4.49. The third-order valence-electron chi connectivity index (χ3n) is 4.25. The summed E-state index contributed by atoms with van der Waals surface area (Å²) in [6.07, 6.45) is 2.40. The maximum absolute atomic E-state index is 12.4. The van der Waals surface area contributed by atoms with Crippen LogP contribution in [0, 0.1) is 6.92 Å². The summed E-state index contributed by atoms with van der Waals surface area (Å²) in [6.45, 7) is 3.55. The number of imidazole rings is 1. The predicted molar refractivity (Wildman–Crippen MR) is 93.3 cm³/mol. The molecule has 26 heavy (non-hydrogen) atoms. The number of benzene rings is 1. The van der Waals surface area contributed by atoms with E-state index >= 15 is 0 Å². The van der Waals surface area contributed by atoms with Crippen molar-refractivity contribution < 1.29 is 14.3 Å². The van der Waals surface area contributed by atoms with Crippen LogP contribution in [0.3, 0.4) is 0 Å². The number of carbonyl (C=O) groups excluding carboxylic acids is 1. The lowest BCUT2D eigenvalue weighted by Gasteiger charge is -2.31. The van der Waals surface area contributed by atoms with Crippen LogP contribution < -0.4 is 0 Å². The summed E-state index contributed by atoms with van der Waals surface area (Å²) in [7, 11) is 0. The molecule has 1 N–H and O–H groups in total. The maximum atomic E-state index is 12.4. The van der Waals surface area contributed by atoms with Gasteiger partial charge in [-0.2, -0.15) is 0 Å². The van der Waals surface area contributed by atoms with Gasteiger partial charge in [0, 0.05) is 6.54 Å². The lowest BCUT2D eigenvalue weighted by atomic mass is 10.1. The second-order valence-corrected chi connectivity index (χ2v) is 6.23. The first-order chi connectivity index (χ1) is 12.7. The van der Waals surface area contributed by atoms with E-state index in [1.165, 1.54) is 6.33 Å². The Balaban J connectivity index is 1.40. The van der Waals surface area contributed by atoms with Crippen LogP contribution in [0.15, 0.2) is 36.8 Å². The Hall–Kier alpha value is -3.00. The first-order valence-electron chi connectivity index (χ1n) is 8.43. The number of hydrogen-bond acceptors (Lipinski definition) is 6. The zero-order valence-corrected chi connectivity index (χ0v) is 14.4. The van der Waals surface area contributed by atoms with E-state index in [-0.39, 0.29) is 18.8 Å². The number of aromatic nitrogens is 4. The quantitative estimate of drug-likeness (QED) is 0.777. The van der Waals surface area contributed by atoms with Crippen LogP contribution in [0.25, 0.3) is 11.2 Å². The van der Waals surface area contributed by atoms with Gasteiger partial charge in [-0.1, -0.05) is 29.8 Å². The predicted octanol–water partition coefficient (Wildman–Crippen LogP) is 2.37. The number of carbonyl (C=O) groups is 1. The number of nitrogens with zero attached hydrogens (tertiary/aromatic N) is 4. The van der Waals surface area contributed by atoms with Crippen molar-refractivity contribution in [3.05, 3.63) is 53.7 Å². The molecule has 8 heteroatoms. The van der Waals surface area contributed by atoms with Crippen molar-refractivity contribution in [3.63, 3.8) is 0 Å². The van der Waals surface area contributed by atoms with Crippen molar-refractivity contribution in [1.29, 1.82) is 0 Å². The van der Waals surface area contributed by atoms with Gasteiger partial charge < -0.3 is 19.4 Å². The van der Waals surface area contributed by atoms with Crippen LogP contribution >= 0.6 is 0 Å². The molecule has 0 unspecified atom stereocenters. The molecule has 1 aliphatic rings. The number of nitrogens with one attached hydrogen (secondary N) is 1. The smallest absolute Gasteiger partial charge is 0.410 e. The summed E-state index contributed by atoms with van der Waals surface area (Å²) < 4.78 is 11.2. The molecule has 0 aliphatic carbocycles. The van der Waals surface area contributed by atoms with Crippen LogP contribution in [0.4, 0.5) is 4.79 Å². The minimum Gasteiger partial charge on any atom is -0.445 e. The number of ether oxygens (including phenoxy) is 2. The van der Waals surface area contributed by atoms with Gasteiger partial charge in [0.2, 0.25) is 0 Å². The van der Waals surface area contributed by atoms with Crippen LogP contribution in [0.5, 0.6) is 0 Å². The lowest BCUT2D eigenvalue weighted by molar-refractivity contribution is -0.0330. The standard InChI is InChI=1S/C18H19N5O3/c1-12-3-2-4-13(7-12)10-26-18(24)23-5-6-25-15(9-23)17-21-14-8-19-11-20-16(14)22-17/h2-4,7-8,11,15H,5-6,9-10H2,1H3,(H,19,20,21,22)/t15-/m0/s1. The number of amides is 1. The van der Waals surface area contributed by atoms with Crippen LogP contribution in [0.2, 0.25) is 0 Å². The Morgan fingerprint density at radius 1 is 1.46 bits per heavy atom. The van der Waals surface area contributed by atoms with Gasteiger partial charge in [0.1, 0.15) is 30.4 Å². The molecule has 0 radical (unpaired) electrons. The molecule has 0 spiro atoms. The van der Waals surface area contributed by atoms with Crippen molar-refractivity contribution in [3.8, 4) is 0 Å². The fourth-order valence-electron chi connectivity index (χ4n) is 2.95. The monoisotopic (exact) mass is 353 g/mol. The Bertz CT molecular complexity index is 893. The van der Waals surface area contributed by atoms with Gasteiger partial charge in [-0.15, -0.1) is 0 Å². The second-order valence-electron chi connectivity index (χ2n) is 6.23. The molecule has 1 aromatic carbocycles. The van der Waals surface area contributed by atoms with Gasteiger partial charge in [-0.05, 0) is 12.5 Å². The van der Waals surface area contributed by atoms with Gasteiger partial charge in [0.05, 0.1) is 19.3 Å². The molecule has 0 saturated carbocycles. The third kappa shape index (κ3) is 3.50. The molecule has 2 aromatic heterocycles. The van der Waals surface area contributed by atoms with Crippen LogP contribution in [-0.2, 0) is 16.1 Å². The van der Waals surface area contributed by atoms with Gasteiger partial charge in [0.15, 0.2) is 5.65 Å². The van der Waals surface area contributed by atoms with E-state index in [1.807, 2.05) is 31.2 Å². The Morgan fingerprint density at radius 2 is 2.38 bits per heavy atom. The van der Waals surface area contributed by atoms with Crippen molar-refractivity contribution in [2.75, 3.05) is 19.7 Å². The van der Waals surface area contributed by atoms with Crippen molar-refractivity contribution in [2.45, 2.75) is 19.6 Å². The highest BCUT2D eigenvalue weighted by Crippen LogP contribution is 2.22. The molecular formula is C18H19N5O3.